The van der Waals surface area contributed by atoms with Crippen molar-refractivity contribution in [2.24, 2.45) is 0 Å². The van der Waals surface area contributed by atoms with E-state index in [9.17, 15) is 14.9 Å². The van der Waals surface area contributed by atoms with E-state index in [0.29, 0.717) is 0 Å². The number of nitrogens with zero attached hydrogens (tertiary/aromatic N) is 3. The number of nitro groups is 1. The Morgan fingerprint density at radius 2 is 1.57 bits per heavy atom. The van der Waals surface area contributed by atoms with Crippen LogP contribution in [0.2, 0.25) is 0 Å². The summed E-state index contributed by atoms with van der Waals surface area (Å²) in [6.07, 6.45) is 1.86. The van der Waals surface area contributed by atoms with Gasteiger partial charge in [-0.25, -0.2) is 4.68 Å². The highest BCUT2D eigenvalue weighted by Crippen LogP contribution is 2.24. The molecule has 1 aromatic heterocycles. The lowest BCUT2D eigenvalue weighted by atomic mass is 10.1. The molecular formula is C23H18N4O3. The van der Waals surface area contributed by atoms with Crippen LogP contribution in [0.1, 0.15) is 15.9 Å². The molecule has 0 fully saturated rings. The van der Waals surface area contributed by atoms with Crippen LogP contribution in [0.25, 0.3) is 16.9 Å². The zero-order valence-electron chi connectivity index (χ0n) is 15.9. The van der Waals surface area contributed by atoms with Crippen LogP contribution in [0.3, 0.4) is 0 Å². The van der Waals surface area contributed by atoms with Gasteiger partial charge in [0.1, 0.15) is 5.56 Å². The van der Waals surface area contributed by atoms with Crippen LogP contribution in [0, 0.1) is 10.1 Å². The predicted molar refractivity (Wildman–Crippen MR) is 113 cm³/mol. The molecule has 0 aliphatic carbocycles. The molecule has 1 heterocycles. The molecule has 0 radical (unpaired) electrons. The Labute approximate surface area is 172 Å². The quantitative estimate of drug-likeness (QED) is 0.386. The van der Waals surface area contributed by atoms with E-state index in [1.54, 1.807) is 10.7 Å². The van der Waals surface area contributed by atoms with Crippen molar-refractivity contribution < 1.29 is 9.72 Å². The van der Waals surface area contributed by atoms with E-state index in [1.807, 2.05) is 66.9 Å². The third-order valence-corrected chi connectivity index (χ3v) is 4.64. The van der Waals surface area contributed by atoms with Crippen molar-refractivity contribution in [3.63, 3.8) is 0 Å². The van der Waals surface area contributed by atoms with Crippen LogP contribution < -0.4 is 5.32 Å². The normalized spacial score (nSPS) is 10.5. The van der Waals surface area contributed by atoms with Crippen LogP contribution in [-0.2, 0) is 6.54 Å². The number of nitrogens with one attached hydrogen (secondary N) is 1. The molecule has 0 spiro atoms. The van der Waals surface area contributed by atoms with Crippen molar-refractivity contribution in [1.82, 2.24) is 15.1 Å². The molecule has 0 saturated carbocycles. The van der Waals surface area contributed by atoms with Gasteiger partial charge in [-0.15, -0.1) is 0 Å². The number of carbonyl (C=O) groups is 1. The SMILES string of the molecule is O=C(NCc1cn(-c2ccccc2)nc1-c1ccccc1)c1ccccc1[N+](=O)[O-]. The Morgan fingerprint density at radius 1 is 0.933 bits per heavy atom. The van der Waals surface area contributed by atoms with E-state index in [0.717, 1.165) is 22.5 Å². The van der Waals surface area contributed by atoms with Crippen LogP contribution >= 0.6 is 0 Å². The van der Waals surface area contributed by atoms with Gasteiger partial charge in [0.15, 0.2) is 0 Å². The van der Waals surface area contributed by atoms with Crippen molar-refractivity contribution in [1.29, 1.82) is 0 Å². The molecule has 0 aliphatic rings. The Bertz CT molecular complexity index is 1190. The fraction of sp³-hybridized carbons (Fsp3) is 0.0435. The first-order valence-electron chi connectivity index (χ1n) is 9.34. The molecule has 7 heteroatoms. The summed E-state index contributed by atoms with van der Waals surface area (Å²) in [6.45, 7) is 0.182. The second kappa shape index (κ2) is 8.40. The molecule has 1 amide bonds. The largest absolute Gasteiger partial charge is 0.348 e. The monoisotopic (exact) mass is 398 g/mol. The minimum atomic E-state index is -0.558. The van der Waals surface area contributed by atoms with Gasteiger partial charge in [-0.1, -0.05) is 60.7 Å². The molecule has 0 atom stereocenters. The first-order valence-corrected chi connectivity index (χ1v) is 9.34. The van der Waals surface area contributed by atoms with Crippen LogP contribution in [-0.4, -0.2) is 20.6 Å². The van der Waals surface area contributed by atoms with E-state index in [4.69, 9.17) is 5.10 Å². The molecule has 7 nitrogen and oxygen atoms in total. The second-order valence-electron chi connectivity index (χ2n) is 6.61. The number of aromatic nitrogens is 2. The summed E-state index contributed by atoms with van der Waals surface area (Å²) in [5, 5.41) is 18.7. The number of hydrogen-bond donors (Lipinski definition) is 1. The summed E-state index contributed by atoms with van der Waals surface area (Å²) in [5.41, 5.74) is 3.16. The van der Waals surface area contributed by atoms with Crippen molar-refractivity contribution in [3.8, 4) is 16.9 Å². The molecule has 0 aliphatic heterocycles. The summed E-state index contributed by atoms with van der Waals surface area (Å²) in [7, 11) is 0. The summed E-state index contributed by atoms with van der Waals surface area (Å²) in [6, 6.07) is 25.2. The number of benzene rings is 3. The molecule has 0 bridgehead atoms. The van der Waals surface area contributed by atoms with Gasteiger partial charge in [0.2, 0.25) is 0 Å². The second-order valence-corrected chi connectivity index (χ2v) is 6.61. The van der Waals surface area contributed by atoms with E-state index < -0.39 is 10.8 Å². The number of rotatable bonds is 6. The summed E-state index contributed by atoms with van der Waals surface area (Å²) >= 11 is 0. The highest BCUT2D eigenvalue weighted by atomic mass is 16.6. The first kappa shape index (κ1) is 19.1. The third kappa shape index (κ3) is 3.95. The molecular weight excluding hydrogens is 380 g/mol. The number of amides is 1. The maximum Gasteiger partial charge on any atom is 0.282 e. The average molecular weight is 398 g/mol. The predicted octanol–water partition coefficient (Wildman–Crippen LogP) is 4.38. The Morgan fingerprint density at radius 3 is 2.27 bits per heavy atom. The summed E-state index contributed by atoms with van der Waals surface area (Å²) < 4.78 is 1.76. The van der Waals surface area contributed by atoms with Gasteiger partial charge in [0.25, 0.3) is 11.6 Å². The Kier molecular flexibility index (Phi) is 5.34. The van der Waals surface area contributed by atoms with E-state index in [2.05, 4.69) is 5.32 Å². The van der Waals surface area contributed by atoms with Gasteiger partial charge in [-0.2, -0.15) is 5.10 Å². The molecule has 4 rings (SSSR count). The van der Waals surface area contributed by atoms with Crippen molar-refractivity contribution in [2.75, 3.05) is 0 Å². The van der Waals surface area contributed by atoms with Crippen molar-refractivity contribution >= 4 is 11.6 Å². The molecule has 0 saturated heterocycles. The molecule has 0 unspecified atom stereocenters. The molecule has 4 aromatic rings. The summed E-state index contributed by atoms with van der Waals surface area (Å²) in [5.74, 6) is -0.506. The van der Waals surface area contributed by atoms with Crippen LogP contribution in [0.5, 0.6) is 0 Å². The minimum Gasteiger partial charge on any atom is -0.348 e. The van der Waals surface area contributed by atoms with Gasteiger partial charge in [-0.3, -0.25) is 14.9 Å². The highest BCUT2D eigenvalue weighted by molar-refractivity contribution is 5.98. The van der Waals surface area contributed by atoms with Crippen molar-refractivity contribution in [2.45, 2.75) is 6.54 Å². The van der Waals surface area contributed by atoms with Gasteiger partial charge in [-0.05, 0) is 18.2 Å². The van der Waals surface area contributed by atoms with Gasteiger partial charge >= 0.3 is 0 Å². The maximum absolute atomic E-state index is 12.6. The van der Waals surface area contributed by atoms with Gasteiger partial charge in [0.05, 0.1) is 16.3 Å². The average Bonchev–Trinajstić information content (AvgIpc) is 3.23. The van der Waals surface area contributed by atoms with Crippen molar-refractivity contribution in [3.05, 3.63) is 112 Å². The molecule has 1 N–H and O–H groups in total. The lowest BCUT2D eigenvalue weighted by molar-refractivity contribution is -0.385. The third-order valence-electron chi connectivity index (χ3n) is 4.64. The Hall–Kier alpha value is -4.26. The fourth-order valence-electron chi connectivity index (χ4n) is 3.19. The maximum atomic E-state index is 12.6. The number of nitro benzene ring substituents is 1. The van der Waals surface area contributed by atoms with Crippen LogP contribution in [0.4, 0.5) is 5.69 Å². The van der Waals surface area contributed by atoms with E-state index in [-0.39, 0.29) is 17.8 Å². The minimum absolute atomic E-state index is 0.0270. The number of para-hydroxylation sites is 2. The number of hydrogen-bond acceptors (Lipinski definition) is 4. The Balaban J connectivity index is 1.64. The smallest absolute Gasteiger partial charge is 0.282 e. The summed E-state index contributed by atoms with van der Waals surface area (Å²) in [4.78, 5) is 23.3. The number of carbonyl (C=O) groups excluding carboxylic acids is 1. The molecule has 30 heavy (non-hydrogen) atoms. The zero-order chi connectivity index (χ0) is 20.9. The molecule has 148 valence electrons. The lowest BCUT2D eigenvalue weighted by Crippen LogP contribution is -2.23. The van der Waals surface area contributed by atoms with E-state index in [1.165, 1.54) is 18.2 Å². The topological polar surface area (TPSA) is 90.1 Å². The zero-order valence-corrected chi connectivity index (χ0v) is 15.9. The first-order chi connectivity index (χ1) is 14.6. The van der Waals surface area contributed by atoms with Crippen LogP contribution in [0.15, 0.2) is 91.1 Å². The standard InChI is InChI=1S/C23H18N4O3/c28-23(20-13-7-8-14-21(20)27(29)30)24-15-18-16-26(19-11-5-2-6-12-19)25-22(18)17-9-3-1-4-10-17/h1-14,16H,15H2,(H,24,28). The highest BCUT2D eigenvalue weighted by Gasteiger charge is 2.20. The lowest BCUT2D eigenvalue weighted by Gasteiger charge is -2.06. The van der Waals surface area contributed by atoms with Gasteiger partial charge < -0.3 is 5.32 Å². The van der Waals surface area contributed by atoms with E-state index >= 15 is 0 Å². The fourth-order valence-corrected chi connectivity index (χ4v) is 3.19. The molecule has 3 aromatic carbocycles. The van der Waals surface area contributed by atoms with Gasteiger partial charge in [0, 0.05) is 29.9 Å².